The van der Waals surface area contributed by atoms with Gasteiger partial charge < -0.3 is 29.0 Å². The summed E-state index contributed by atoms with van der Waals surface area (Å²) in [6.45, 7) is 2.79. The minimum absolute atomic E-state index is 0.0239. The molecule has 1 saturated heterocycles. The van der Waals surface area contributed by atoms with Gasteiger partial charge in [0.25, 0.3) is 0 Å². The van der Waals surface area contributed by atoms with Gasteiger partial charge in [-0.25, -0.2) is 0 Å². The van der Waals surface area contributed by atoms with Crippen LogP contribution in [0.25, 0.3) is 0 Å². The van der Waals surface area contributed by atoms with Crippen molar-refractivity contribution >= 4 is 11.6 Å². The molecular formula is C23H23NO6. The first-order valence-electron chi connectivity index (χ1n) is 10.5. The summed E-state index contributed by atoms with van der Waals surface area (Å²) in [6.07, 6.45) is 2.75. The number of nitrogens with zero attached hydrogens (tertiary/aromatic N) is 1. The topological polar surface area (TPSA) is 77.5 Å². The Morgan fingerprint density at radius 1 is 0.933 bits per heavy atom. The summed E-state index contributed by atoms with van der Waals surface area (Å²) in [5.41, 5.74) is 3.27. The van der Waals surface area contributed by atoms with Crippen molar-refractivity contribution in [3.8, 4) is 23.0 Å². The Balaban J connectivity index is 1.47. The van der Waals surface area contributed by atoms with Crippen LogP contribution in [0.3, 0.4) is 0 Å². The van der Waals surface area contributed by atoms with Crippen molar-refractivity contribution in [1.29, 1.82) is 0 Å². The van der Waals surface area contributed by atoms with Crippen LogP contribution in [0.2, 0.25) is 0 Å². The Hall–Kier alpha value is -2.93. The molecule has 30 heavy (non-hydrogen) atoms. The van der Waals surface area contributed by atoms with Gasteiger partial charge >= 0.3 is 0 Å². The first-order chi connectivity index (χ1) is 14.7. The number of fused-ring (bicyclic) bond motifs is 3. The van der Waals surface area contributed by atoms with E-state index in [9.17, 15) is 9.90 Å². The molecular weight excluding hydrogens is 386 g/mol. The number of benzene rings is 2. The molecule has 2 atom stereocenters. The standard InChI is InChI=1S/C23H23NO6/c25-18-11-19-13(3-5-28-19)8-16(18)22-15-9-20-21(30-7-6-29-20)10-17(15)24(23(22)26)12-14-2-1-4-27-14/h8-11,14,22,25H,1-7,12H2. The molecule has 0 aromatic heterocycles. The third-order valence-corrected chi connectivity index (χ3v) is 6.37. The molecule has 7 heteroatoms. The van der Waals surface area contributed by atoms with Crippen LogP contribution in [0.15, 0.2) is 24.3 Å². The molecule has 1 N–H and O–H groups in total. The predicted molar refractivity (Wildman–Crippen MR) is 108 cm³/mol. The molecule has 2 unspecified atom stereocenters. The van der Waals surface area contributed by atoms with Crippen molar-refractivity contribution in [1.82, 2.24) is 0 Å². The van der Waals surface area contributed by atoms with E-state index in [1.54, 1.807) is 11.0 Å². The summed E-state index contributed by atoms with van der Waals surface area (Å²) in [6, 6.07) is 7.33. The highest BCUT2D eigenvalue weighted by atomic mass is 16.6. The molecule has 1 amide bonds. The second-order valence-corrected chi connectivity index (χ2v) is 8.19. The number of hydrogen-bond acceptors (Lipinski definition) is 6. The van der Waals surface area contributed by atoms with E-state index in [1.807, 2.05) is 18.2 Å². The van der Waals surface area contributed by atoms with E-state index < -0.39 is 5.92 Å². The van der Waals surface area contributed by atoms with Gasteiger partial charge in [-0.1, -0.05) is 0 Å². The number of amides is 1. The molecule has 0 aliphatic carbocycles. The summed E-state index contributed by atoms with van der Waals surface area (Å²) >= 11 is 0. The molecule has 0 bridgehead atoms. The Morgan fingerprint density at radius 3 is 2.53 bits per heavy atom. The molecule has 156 valence electrons. The predicted octanol–water partition coefficient (Wildman–Crippen LogP) is 2.76. The van der Waals surface area contributed by atoms with Gasteiger partial charge in [0.1, 0.15) is 24.7 Å². The molecule has 4 aliphatic rings. The monoisotopic (exact) mass is 409 g/mol. The highest BCUT2D eigenvalue weighted by Crippen LogP contribution is 2.50. The van der Waals surface area contributed by atoms with Crippen molar-refractivity contribution in [2.75, 3.05) is 37.9 Å². The van der Waals surface area contributed by atoms with Crippen LogP contribution in [0, 0.1) is 0 Å². The fraction of sp³-hybridized carbons (Fsp3) is 0.435. The number of phenolic OH excluding ortho intramolecular Hbond substituents is 1. The Bertz CT molecular complexity index is 1030. The molecule has 4 heterocycles. The first kappa shape index (κ1) is 17.9. The van der Waals surface area contributed by atoms with Gasteiger partial charge in [0.05, 0.1) is 30.9 Å². The maximum Gasteiger partial charge on any atom is 0.239 e. The lowest BCUT2D eigenvalue weighted by atomic mass is 9.90. The fourth-order valence-electron chi connectivity index (χ4n) is 4.91. The Labute approximate surface area is 174 Å². The second-order valence-electron chi connectivity index (χ2n) is 8.19. The van der Waals surface area contributed by atoms with E-state index in [1.165, 1.54) is 0 Å². The zero-order valence-electron chi connectivity index (χ0n) is 16.6. The van der Waals surface area contributed by atoms with Crippen LogP contribution in [0.5, 0.6) is 23.0 Å². The minimum Gasteiger partial charge on any atom is -0.507 e. The number of phenols is 1. The summed E-state index contributed by atoms with van der Waals surface area (Å²) in [5, 5.41) is 10.8. The lowest BCUT2D eigenvalue weighted by Crippen LogP contribution is -2.36. The van der Waals surface area contributed by atoms with Gasteiger partial charge in [-0.05, 0) is 36.1 Å². The molecule has 7 nitrogen and oxygen atoms in total. The molecule has 6 rings (SSSR count). The summed E-state index contributed by atoms with van der Waals surface area (Å²) in [5.74, 6) is 1.41. The normalized spacial score (nSPS) is 24.0. The van der Waals surface area contributed by atoms with Crippen molar-refractivity contribution in [3.05, 3.63) is 41.0 Å². The quantitative estimate of drug-likeness (QED) is 0.840. The number of carbonyl (C=O) groups is 1. The summed E-state index contributed by atoms with van der Waals surface area (Å²) < 4.78 is 22.9. The van der Waals surface area contributed by atoms with Crippen molar-refractivity contribution in [3.63, 3.8) is 0 Å². The number of hydrogen-bond donors (Lipinski definition) is 1. The van der Waals surface area contributed by atoms with Gasteiger partial charge in [0, 0.05) is 30.7 Å². The van der Waals surface area contributed by atoms with Gasteiger partial charge in [0.15, 0.2) is 11.5 Å². The van der Waals surface area contributed by atoms with E-state index in [2.05, 4.69) is 0 Å². The number of aromatic hydroxyl groups is 1. The van der Waals surface area contributed by atoms with Crippen LogP contribution in [-0.2, 0) is 16.0 Å². The molecule has 1 fully saturated rings. The zero-order valence-corrected chi connectivity index (χ0v) is 16.6. The summed E-state index contributed by atoms with van der Waals surface area (Å²) in [4.78, 5) is 15.5. The number of carbonyl (C=O) groups excluding carboxylic acids is 1. The fourth-order valence-corrected chi connectivity index (χ4v) is 4.91. The average molecular weight is 409 g/mol. The van der Waals surface area contributed by atoms with E-state index in [0.29, 0.717) is 49.2 Å². The highest BCUT2D eigenvalue weighted by molar-refractivity contribution is 6.08. The minimum atomic E-state index is -0.594. The first-order valence-corrected chi connectivity index (χ1v) is 10.5. The van der Waals surface area contributed by atoms with Crippen molar-refractivity contribution in [2.24, 2.45) is 0 Å². The van der Waals surface area contributed by atoms with E-state index in [0.717, 1.165) is 42.7 Å². The lowest BCUT2D eigenvalue weighted by molar-refractivity contribution is -0.118. The van der Waals surface area contributed by atoms with Crippen molar-refractivity contribution < 1.29 is 28.8 Å². The van der Waals surface area contributed by atoms with Crippen LogP contribution < -0.4 is 19.1 Å². The van der Waals surface area contributed by atoms with E-state index in [4.69, 9.17) is 18.9 Å². The second kappa shape index (κ2) is 6.80. The molecule has 4 aliphatic heterocycles. The third-order valence-electron chi connectivity index (χ3n) is 6.37. The van der Waals surface area contributed by atoms with Gasteiger partial charge in [-0.2, -0.15) is 0 Å². The molecule has 0 radical (unpaired) electrons. The van der Waals surface area contributed by atoms with Gasteiger partial charge in [0.2, 0.25) is 5.91 Å². The van der Waals surface area contributed by atoms with Crippen LogP contribution in [-0.4, -0.2) is 50.1 Å². The van der Waals surface area contributed by atoms with E-state index >= 15 is 0 Å². The number of rotatable bonds is 3. The lowest BCUT2D eigenvalue weighted by Gasteiger charge is -2.23. The zero-order chi connectivity index (χ0) is 20.2. The number of anilines is 1. The Kier molecular flexibility index (Phi) is 4.06. The van der Waals surface area contributed by atoms with Crippen LogP contribution in [0.1, 0.15) is 35.4 Å². The third kappa shape index (κ3) is 2.72. The molecule has 2 aromatic rings. The smallest absolute Gasteiger partial charge is 0.239 e. The number of ether oxygens (including phenoxy) is 4. The van der Waals surface area contributed by atoms with Crippen molar-refractivity contribution in [2.45, 2.75) is 31.3 Å². The van der Waals surface area contributed by atoms with Crippen LogP contribution >= 0.6 is 0 Å². The maximum absolute atomic E-state index is 13.7. The van der Waals surface area contributed by atoms with Gasteiger partial charge in [-0.3, -0.25) is 4.79 Å². The van der Waals surface area contributed by atoms with E-state index in [-0.39, 0.29) is 17.8 Å². The SMILES string of the molecule is O=C1C(c2cc3c(cc2O)OCC3)c2cc3c(cc2N1CC1CCCO1)OCCO3. The molecule has 2 aromatic carbocycles. The largest absolute Gasteiger partial charge is 0.507 e. The highest BCUT2D eigenvalue weighted by Gasteiger charge is 2.42. The summed E-state index contributed by atoms with van der Waals surface area (Å²) in [7, 11) is 0. The van der Waals surface area contributed by atoms with Gasteiger partial charge in [-0.15, -0.1) is 0 Å². The Morgan fingerprint density at radius 2 is 1.73 bits per heavy atom. The van der Waals surface area contributed by atoms with Crippen LogP contribution in [0.4, 0.5) is 5.69 Å². The molecule has 0 spiro atoms. The molecule has 0 saturated carbocycles. The maximum atomic E-state index is 13.7. The average Bonchev–Trinajstić information content (AvgIpc) is 3.47.